The fraction of sp³-hybridized carbons (Fsp3) is 0.179. The number of primary amides is 1. The molecule has 1 atom stereocenters. The summed E-state index contributed by atoms with van der Waals surface area (Å²) in [4.78, 5) is 30.1. The quantitative estimate of drug-likeness (QED) is 0.357. The van der Waals surface area contributed by atoms with Gasteiger partial charge in [0.1, 0.15) is 0 Å². The van der Waals surface area contributed by atoms with Crippen molar-refractivity contribution in [3.8, 4) is 16.9 Å². The number of halogens is 3. The van der Waals surface area contributed by atoms with E-state index in [9.17, 15) is 18.0 Å². The van der Waals surface area contributed by atoms with E-state index in [0.717, 1.165) is 23.3 Å². The number of nitrogens with zero attached hydrogens (tertiary/aromatic N) is 5. The summed E-state index contributed by atoms with van der Waals surface area (Å²) in [7, 11) is 0. The fourth-order valence-corrected chi connectivity index (χ4v) is 4.47. The van der Waals surface area contributed by atoms with Crippen molar-refractivity contribution >= 4 is 11.9 Å². The monoisotopic (exact) mass is 531 g/mol. The number of nitrogens with two attached hydrogens (primary N) is 1. The van der Waals surface area contributed by atoms with E-state index in [1.54, 1.807) is 56.0 Å². The summed E-state index contributed by atoms with van der Waals surface area (Å²) in [6, 6.07) is 8.91. The minimum atomic E-state index is -4.65. The Morgan fingerprint density at radius 1 is 1.13 bits per heavy atom. The van der Waals surface area contributed by atoms with Gasteiger partial charge in [0.05, 0.1) is 28.7 Å². The van der Waals surface area contributed by atoms with E-state index in [1.807, 2.05) is 13.0 Å². The number of benzene rings is 1. The Balaban J connectivity index is 1.55. The number of amides is 1. The van der Waals surface area contributed by atoms with Gasteiger partial charge in [-0.05, 0) is 61.4 Å². The number of rotatable bonds is 6. The van der Waals surface area contributed by atoms with Crippen LogP contribution in [0.15, 0.2) is 90.9 Å². The first-order valence-electron chi connectivity index (χ1n) is 12.0. The molecule has 3 N–H and O–H groups in total. The van der Waals surface area contributed by atoms with Crippen molar-refractivity contribution in [1.82, 2.24) is 24.5 Å². The lowest BCUT2D eigenvalue weighted by Gasteiger charge is -2.33. The molecular formula is C28H24F3N7O. The number of imidazole rings is 1. The van der Waals surface area contributed by atoms with Crippen LogP contribution in [0, 0.1) is 6.92 Å². The molecule has 1 aromatic carbocycles. The number of nitrogens with one attached hydrogen (secondary N) is 1. The van der Waals surface area contributed by atoms with Crippen molar-refractivity contribution in [2.24, 2.45) is 5.73 Å². The summed E-state index contributed by atoms with van der Waals surface area (Å²) in [5, 5.41) is 3.16. The van der Waals surface area contributed by atoms with Crippen LogP contribution in [-0.2, 0) is 16.4 Å². The molecule has 198 valence electrons. The lowest BCUT2D eigenvalue weighted by molar-refractivity contribution is -0.137. The number of aryl methyl sites for hydroxylation is 1. The van der Waals surface area contributed by atoms with E-state index in [1.165, 1.54) is 17.0 Å². The van der Waals surface area contributed by atoms with Crippen molar-refractivity contribution in [3.63, 3.8) is 0 Å². The van der Waals surface area contributed by atoms with E-state index < -0.39 is 23.1 Å². The summed E-state index contributed by atoms with van der Waals surface area (Å²) in [5.41, 5.74) is 7.14. The number of carbonyl (C=O) groups is 1. The van der Waals surface area contributed by atoms with Crippen LogP contribution < -0.4 is 11.1 Å². The standard InChI is InChI=1S/C28H24F3N7O/c1-17-5-7-27(25(32)39,13-24(17)37-26-34-9-6-23(36-26)19-4-3-8-33-14-19)20-10-21(28(29,30)31)12-22(11-20)38-15-18(2)35-16-38/h3-12,14-16H,13H2,1-2H3,(H2,32,39)(H,34,36,37). The van der Waals surface area contributed by atoms with Crippen LogP contribution in [0.2, 0.25) is 0 Å². The predicted molar refractivity (Wildman–Crippen MR) is 140 cm³/mol. The van der Waals surface area contributed by atoms with E-state index in [0.29, 0.717) is 17.1 Å². The first-order valence-corrected chi connectivity index (χ1v) is 12.0. The van der Waals surface area contributed by atoms with E-state index in [2.05, 4.69) is 25.3 Å². The summed E-state index contributed by atoms with van der Waals surface area (Å²) < 4.78 is 43.4. The molecular weight excluding hydrogens is 507 g/mol. The van der Waals surface area contributed by atoms with E-state index in [-0.39, 0.29) is 23.6 Å². The Bertz CT molecular complexity index is 1610. The van der Waals surface area contributed by atoms with Crippen LogP contribution in [0.4, 0.5) is 19.1 Å². The number of aromatic nitrogens is 5. The third-order valence-corrected chi connectivity index (χ3v) is 6.63. The van der Waals surface area contributed by atoms with E-state index in [4.69, 9.17) is 5.73 Å². The number of allylic oxidation sites excluding steroid dienone is 3. The van der Waals surface area contributed by atoms with Crippen molar-refractivity contribution in [2.45, 2.75) is 31.9 Å². The second kappa shape index (κ2) is 9.82. The van der Waals surface area contributed by atoms with Gasteiger partial charge in [0.2, 0.25) is 11.9 Å². The van der Waals surface area contributed by atoms with Crippen molar-refractivity contribution in [1.29, 1.82) is 0 Å². The van der Waals surface area contributed by atoms with Crippen LogP contribution >= 0.6 is 0 Å². The average molecular weight is 532 g/mol. The van der Waals surface area contributed by atoms with Crippen molar-refractivity contribution in [2.75, 3.05) is 5.32 Å². The SMILES string of the molecule is CC1=C(Nc2nccc(-c3cccnc3)n2)CC(C(N)=O)(c2cc(-n3cnc(C)c3)cc(C(F)(F)F)c2)C=C1. The largest absolute Gasteiger partial charge is 0.416 e. The van der Waals surface area contributed by atoms with Crippen LogP contribution in [-0.4, -0.2) is 30.4 Å². The van der Waals surface area contributed by atoms with Crippen LogP contribution in [0.25, 0.3) is 16.9 Å². The molecule has 5 rings (SSSR count). The highest BCUT2D eigenvalue weighted by Gasteiger charge is 2.42. The summed E-state index contributed by atoms with van der Waals surface area (Å²) >= 11 is 0. The van der Waals surface area contributed by atoms with Gasteiger partial charge in [-0.15, -0.1) is 0 Å². The highest BCUT2D eigenvalue weighted by atomic mass is 19.4. The molecule has 8 nitrogen and oxygen atoms in total. The van der Waals surface area contributed by atoms with E-state index >= 15 is 0 Å². The zero-order valence-corrected chi connectivity index (χ0v) is 21.1. The van der Waals surface area contributed by atoms with Crippen LogP contribution in [0.3, 0.4) is 0 Å². The highest BCUT2D eigenvalue weighted by molar-refractivity contribution is 5.90. The smallest absolute Gasteiger partial charge is 0.369 e. The summed E-state index contributed by atoms with van der Waals surface area (Å²) in [6.07, 6.45) is 6.50. The number of hydrogen-bond donors (Lipinski definition) is 2. The third kappa shape index (κ3) is 5.15. The third-order valence-electron chi connectivity index (χ3n) is 6.63. The summed E-state index contributed by atoms with van der Waals surface area (Å²) in [5.74, 6) is -0.527. The van der Waals surface area contributed by atoms with Gasteiger partial charge >= 0.3 is 6.18 Å². The maximum atomic E-state index is 14.0. The number of carbonyl (C=O) groups excluding carboxylic acids is 1. The number of pyridine rings is 1. The molecule has 0 spiro atoms. The Morgan fingerprint density at radius 2 is 1.95 bits per heavy atom. The predicted octanol–water partition coefficient (Wildman–Crippen LogP) is 5.12. The van der Waals surface area contributed by atoms with Gasteiger partial charge in [-0.2, -0.15) is 13.2 Å². The molecule has 3 aromatic heterocycles. The Hall–Kier alpha value is -4.80. The topological polar surface area (TPSA) is 112 Å². The highest BCUT2D eigenvalue weighted by Crippen LogP contribution is 2.41. The van der Waals surface area contributed by atoms with Crippen LogP contribution in [0.5, 0.6) is 0 Å². The van der Waals surface area contributed by atoms with Gasteiger partial charge in [0.25, 0.3) is 0 Å². The second-order valence-electron chi connectivity index (χ2n) is 9.33. The minimum absolute atomic E-state index is 0.0190. The molecule has 3 heterocycles. The fourth-order valence-electron chi connectivity index (χ4n) is 4.47. The Morgan fingerprint density at radius 3 is 2.62 bits per heavy atom. The van der Waals surface area contributed by atoms with Gasteiger partial charge in [-0.25, -0.2) is 15.0 Å². The lowest BCUT2D eigenvalue weighted by Crippen LogP contribution is -2.42. The molecule has 0 aliphatic heterocycles. The molecule has 1 aliphatic rings. The molecule has 39 heavy (non-hydrogen) atoms. The maximum Gasteiger partial charge on any atom is 0.416 e. The average Bonchev–Trinajstić information content (AvgIpc) is 3.36. The lowest BCUT2D eigenvalue weighted by atomic mass is 9.72. The first-order chi connectivity index (χ1) is 18.5. The Kier molecular flexibility index (Phi) is 6.51. The molecule has 0 fully saturated rings. The van der Waals surface area contributed by atoms with Crippen LogP contribution in [0.1, 0.15) is 30.2 Å². The molecule has 1 aliphatic carbocycles. The molecule has 0 saturated heterocycles. The van der Waals surface area contributed by atoms with Gasteiger partial charge in [0, 0.05) is 48.2 Å². The molecule has 1 amide bonds. The first kappa shape index (κ1) is 25.8. The zero-order chi connectivity index (χ0) is 27.8. The van der Waals surface area contributed by atoms with Gasteiger partial charge in [0.15, 0.2) is 0 Å². The Labute approximate surface area is 222 Å². The zero-order valence-electron chi connectivity index (χ0n) is 21.1. The van der Waals surface area contributed by atoms with Gasteiger partial charge in [-0.3, -0.25) is 9.78 Å². The molecule has 0 saturated carbocycles. The number of anilines is 1. The summed E-state index contributed by atoms with van der Waals surface area (Å²) in [6.45, 7) is 3.55. The minimum Gasteiger partial charge on any atom is -0.369 e. The molecule has 1 unspecified atom stereocenters. The van der Waals surface area contributed by atoms with Crippen molar-refractivity contribution < 1.29 is 18.0 Å². The maximum absolute atomic E-state index is 14.0. The second-order valence-corrected chi connectivity index (χ2v) is 9.33. The van der Waals surface area contributed by atoms with Gasteiger partial charge in [-0.1, -0.05) is 12.2 Å². The number of hydrogen-bond acceptors (Lipinski definition) is 6. The number of alkyl halides is 3. The normalized spacial score (nSPS) is 17.4. The molecule has 11 heteroatoms. The van der Waals surface area contributed by atoms with Crippen molar-refractivity contribution in [3.05, 3.63) is 108 Å². The van der Waals surface area contributed by atoms with Gasteiger partial charge < -0.3 is 15.6 Å². The molecule has 0 radical (unpaired) electrons. The molecule has 0 bridgehead atoms. The molecule has 4 aromatic rings.